The summed E-state index contributed by atoms with van der Waals surface area (Å²) in [7, 11) is 0. The molecule has 1 aromatic rings. The molecule has 0 aliphatic heterocycles. The first kappa shape index (κ1) is 8.39. The molecule has 0 bridgehead atoms. The Labute approximate surface area is 67.8 Å². The van der Waals surface area contributed by atoms with Gasteiger partial charge in [0.15, 0.2) is 0 Å². The van der Waals surface area contributed by atoms with Crippen molar-refractivity contribution in [3.05, 3.63) is 29.8 Å². The van der Waals surface area contributed by atoms with E-state index in [4.69, 9.17) is 5.90 Å². The zero-order valence-corrected chi connectivity index (χ0v) is 6.93. The zero-order chi connectivity index (χ0) is 8.27. The van der Waals surface area contributed by atoms with Gasteiger partial charge in [0.2, 0.25) is 11.1 Å². The van der Waals surface area contributed by atoms with Crippen LogP contribution in [0.5, 0.6) is 0 Å². The molecule has 0 aliphatic rings. The molecule has 0 aromatic heterocycles. The monoisotopic (exact) mass is 171 g/mol. The third kappa shape index (κ3) is 2.11. The van der Waals surface area contributed by atoms with E-state index >= 15 is 0 Å². The van der Waals surface area contributed by atoms with Crippen LogP contribution in [0.15, 0.2) is 29.2 Å². The molecule has 0 saturated heterocycles. The maximum absolute atomic E-state index is 10.9. The van der Waals surface area contributed by atoms with Crippen LogP contribution in [0.1, 0.15) is 5.56 Å². The van der Waals surface area contributed by atoms with Crippen molar-refractivity contribution in [1.29, 1.82) is 0 Å². The van der Waals surface area contributed by atoms with E-state index in [1.165, 1.54) is 0 Å². The third-order valence-corrected chi connectivity index (χ3v) is 2.13. The van der Waals surface area contributed by atoms with E-state index in [1.54, 1.807) is 12.1 Å². The SMILES string of the molecule is Cc1ccc(S(=O)ON)cc1. The van der Waals surface area contributed by atoms with Gasteiger partial charge in [0.25, 0.3) is 0 Å². The summed E-state index contributed by atoms with van der Waals surface area (Å²) in [6, 6.07) is 7.15. The number of benzene rings is 1. The summed E-state index contributed by atoms with van der Waals surface area (Å²) in [5, 5.41) is 0. The Balaban J connectivity index is 2.90. The minimum atomic E-state index is -1.52. The van der Waals surface area contributed by atoms with E-state index in [9.17, 15) is 4.21 Å². The fraction of sp³-hybridized carbons (Fsp3) is 0.143. The predicted molar refractivity (Wildman–Crippen MR) is 42.9 cm³/mol. The van der Waals surface area contributed by atoms with E-state index in [0.29, 0.717) is 4.90 Å². The first-order valence-electron chi connectivity index (χ1n) is 3.09. The number of hydrogen-bond donors (Lipinski definition) is 1. The Hall–Kier alpha value is -0.710. The molecule has 0 heterocycles. The van der Waals surface area contributed by atoms with Crippen molar-refractivity contribution in [2.45, 2.75) is 11.8 Å². The van der Waals surface area contributed by atoms with Gasteiger partial charge in [-0.1, -0.05) is 17.7 Å². The molecule has 1 unspecified atom stereocenters. The number of nitrogens with two attached hydrogens (primary N) is 1. The zero-order valence-electron chi connectivity index (χ0n) is 6.11. The Morgan fingerprint density at radius 2 is 1.91 bits per heavy atom. The molecule has 0 saturated carbocycles. The molecule has 0 fully saturated rings. The third-order valence-electron chi connectivity index (χ3n) is 1.30. The summed E-state index contributed by atoms with van der Waals surface area (Å²) in [5.74, 6) is 4.74. The minimum absolute atomic E-state index is 0.582. The van der Waals surface area contributed by atoms with E-state index in [-0.39, 0.29) is 0 Å². The van der Waals surface area contributed by atoms with Gasteiger partial charge in [0.05, 0.1) is 4.90 Å². The lowest BCUT2D eigenvalue weighted by Crippen LogP contribution is -2.03. The fourth-order valence-electron chi connectivity index (χ4n) is 0.705. The van der Waals surface area contributed by atoms with Crippen LogP contribution in [0.3, 0.4) is 0 Å². The predicted octanol–water partition coefficient (Wildman–Crippen LogP) is 0.908. The molecule has 1 rings (SSSR count). The molecule has 0 aliphatic carbocycles. The van der Waals surface area contributed by atoms with Crippen LogP contribution < -0.4 is 5.90 Å². The van der Waals surface area contributed by atoms with Crippen molar-refractivity contribution in [3.8, 4) is 0 Å². The Bertz CT molecular complexity index is 258. The quantitative estimate of drug-likeness (QED) is 0.673. The number of rotatable bonds is 2. The Kier molecular flexibility index (Phi) is 2.76. The van der Waals surface area contributed by atoms with Gasteiger partial charge in [-0.25, -0.2) is 4.21 Å². The van der Waals surface area contributed by atoms with Crippen LogP contribution in [0.4, 0.5) is 0 Å². The highest BCUT2D eigenvalue weighted by Crippen LogP contribution is 2.07. The summed E-state index contributed by atoms with van der Waals surface area (Å²) < 4.78 is 15.0. The average Bonchev–Trinajstić information content (AvgIpc) is 2.05. The van der Waals surface area contributed by atoms with Crippen LogP contribution in [-0.2, 0) is 15.4 Å². The lowest BCUT2D eigenvalue weighted by atomic mass is 10.2. The Morgan fingerprint density at radius 3 is 2.36 bits per heavy atom. The van der Waals surface area contributed by atoms with Gasteiger partial charge < -0.3 is 0 Å². The normalized spacial score (nSPS) is 12.9. The summed E-state index contributed by atoms with van der Waals surface area (Å²) in [5.41, 5.74) is 1.11. The van der Waals surface area contributed by atoms with Crippen molar-refractivity contribution in [1.82, 2.24) is 0 Å². The van der Waals surface area contributed by atoms with Crippen molar-refractivity contribution in [2.24, 2.45) is 5.90 Å². The van der Waals surface area contributed by atoms with Gasteiger partial charge in [-0.2, -0.15) is 10.2 Å². The van der Waals surface area contributed by atoms with Crippen LogP contribution in [0.2, 0.25) is 0 Å². The second kappa shape index (κ2) is 3.61. The molecule has 1 aromatic carbocycles. The second-order valence-corrected chi connectivity index (χ2v) is 3.28. The van der Waals surface area contributed by atoms with Gasteiger partial charge in [0.1, 0.15) is 0 Å². The van der Waals surface area contributed by atoms with Gasteiger partial charge >= 0.3 is 0 Å². The molecule has 11 heavy (non-hydrogen) atoms. The molecular weight excluding hydrogens is 162 g/mol. The van der Waals surface area contributed by atoms with Gasteiger partial charge in [0, 0.05) is 0 Å². The molecule has 0 spiro atoms. The van der Waals surface area contributed by atoms with Gasteiger partial charge in [-0.05, 0) is 19.1 Å². The molecule has 3 nitrogen and oxygen atoms in total. The lowest BCUT2D eigenvalue weighted by molar-refractivity contribution is 0.367. The minimum Gasteiger partial charge on any atom is -0.223 e. The van der Waals surface area contributed by atoms with E-state index < -0.39 is 11.1 Å². The molecule has 4 heteroatoms. The highest BCUT2D eigenvalue weighted by atomic mass is 32.2. The summed E-state index contributed by atoms with van der Waals surface area (Å²) >= 11 is -1.52. The van der Waals surface area contributed by atoms with Crippen molar-refractivity contribution in [3.63, 3.8) is 0 Å². The standard InChI is InChI=1S/C7H9NO2S/c1-6-2-4-7(5-3-6)11(9)10-8/h2-5H,8H2,1H3. The highest BCUT2D eigenvalue weighted by molar-refractivity contribution is 7.80. The van der Waals surface area contributed by atoms with Crippen LogP contribution in [0.25, 0.3) is 0 Å². The largest absolute Gasteiger partial charge is 0.223 e. The average molecular weight is 171 g/mol. The summed E-state index contributed by atoms with van der Waals surface area (Å²) in [6.07, 6.45) is 0. The molecule has 60 valence electrons. The van der Waals surface area contributed by atoms with E-state index in [0.717, 1.165) is 5.56 Å². The fourth-order valence-corrected chi connectivity index (χ4v) is 1.17. The Morgan fingerprint density at radius 1 is 1.36 bits per heavy atom. The van der Waals surface area contributed by atoms with Crippen LogP contribution in [-0.4, -0.2) is 4.21 Å². The van der Waals surface area contributed by atoms with Gasteiger partial charge in [-0.3, -0.25) is 0 Å². The van der Waals surface area contributed by atoms with Crippen LogP contribution in [0, 0.1) is 6.92 Å². The topological polar surface area (TPSA) is 52.3 Å². The first-order chi connectivity index (χ1) is 5.24. The molecule has 0 amide bonds. The molecule has 1 atom stereocenters. The molecule has 0 radical (unpaired) electrons. The number of aryl methyl sites for hydroxylation is 1. The van der Waals surface area contributed by atoms with E-state index in [2.05, 4.69) is 4.28 Å². The molecule has 2 N–H and O–H groups in total. The lowest BCUT2D eigenvalue weighted by Gasteiger charge is -1.97. The first-order valence-corrected chi connectivity index (χ1v) is 4.17. The van der Waals surface area contributed by atoms with Crippen LogP contribution >= 0.6 is 0 Å². The molecular formula is C7H9NO2S. The summed E-state index contributed by atoms with van der Waals surface area (Å²) in [6.45, 7) is 1.95. The van der Waals surface area contributed by atoms with Crippen molar-refractivity contribution in [2.75, 3.05) is 0 Å². The van der Waals surface area contributed by atoms with Crippen molar-refractivity contribution < 1.29 is 8.49 Å². The maximum Gasteiger partial charge on any atom is 0.206 e. The highest BCUT2D eigenvalue weighted by Gasteiger charge is 2.00. The summed E-state index contributed by atoms with van der Waals surface area (Å²) in [4.78, 5) is 0.582. The maximum atomic E-state index is 10.9. The number of hydrogen-bond acceptors (Lipinski definition) is 3. The van der Waals surface area contributed by atoms with Gasteiger partial charge in [-0.15, -0.1) is 0 Å². The van der Waals surface area contributed by atoms with Crippen molar-refractivity contribution >= 4 is 11.1 Å². The smallest absolute Gasteiger partial charge is 0.206 e. The van der Waals surface area contributed by atoms with E-state index in [1.807, 2.05) is 19.1 Å². The second-order valence-electron chi connectivity index (χ2n) is 2.14.